The smallest absolute Gasteiger partial charge is 0.409 e. The Labute approximate surface area is 118 Å². The molecule has 1 aromatic rings. The SMILES string of the molecule is CCOC(=O)N1CCC(Nc2ccc(C#N)nc2)CC1. The summed E-state index contributed by atoms with van der Waals surface area (Å²) in [6.45, 7) is 3.61. The zero-order valence-corrected chi connectivity index (χ0v) is 11.5. The van der Waals surface area contributed by atoms with Crippen molar-refractivity contribution in [1.82, 2.24) is 9.88 Å². The molecule has 0 aromatic carbocycles. The lowest BCUT2D eigenvalue weighted by molar-refractivity contribution is 0.0983. The van der Waals surface area contributed by atoms with Gasteiger partial charge in [-0.25, -0.2) is 9.78 Å². The Kier molecular flexibility index (Phi) is 4.77. The molecule has 6 nitrogen and oxygen atoms in total. The van der Waals surface area contributed by atoms with Crippen LogP contribution in [0.25, 0.3) is 0 Å². The highest BCUT2D eigenvalue weighted by Gasteiger charge is 2.23. The number of piperidine rings is 1. The number of hydrogen-bond acceptors (Lipinski definition) is 5. The number of aromatic nitrogens is 1. The summed E-state index contributed by atoms with van der Waals surface area (Å²) in [5.41, 5.74) is 1.31. The standard InChI is InChI=1S/C14H18N4O2/c1-2-20-14(19)18-7-5-11(6-8-18)17-13-4-3-12(9-15)16-10-13/h3-4,10-11,17H,2,5-8H2,1H3. The number of hydrogen-bond donors (Lipinski definition) is 1. The van der Waals surface area contributed by atoms with Crippen LogP contribution in [0.2, 0.25) is 0 Å². The summed E-state index contributed by atoms with van der Waals surface area (Å²) < 4.78 is 4.99. The van der Waals surface area contributed by atoms with Crippen molar-refractivity contribution < 1.29 is 9.53 Å². The number of carbonyl (C=O) groups excluding carboxylic acids is 1. The van der Waals surface area contributed by atoms with Crippen LogP contribution in [0.5, 0.6) is 0 Å². The molecule has 6 heteroatoms. The predicted octanol–water partition coefficient (Wildman–Crippen LogP) is 1.99. The maximum Gasteiger partial charge on any atom is 0.409 e. The number of nitriles is 1. The lowest BCUT2D eigenvalue weighted by Gasteiger charge is -2.32. The molecule has 1 amide bonds. The summed E-state index contributed by atoms with van der Waals surface area (Å²) in [6, 6.07) is 5.85. The largest absolute Gasteiger partial charge is 0.450 e. The molecule has 0 aliphatic carbocycles. The third kappa shape index (κ3) is 3.60. The quantitative estimate of drug-likeness (QED) is 0.911. The number of likely N-dealkylation sites (tertiary alicyclic amines) is 1. The molecule has 0 spiro atoms. The van der Waals surface area contributed by atoms with Crippen molar-refractivity contribution in [2.75, 3.05) is 25.0 Å². The third-order valence-corrected chi connectivity index (χ3v) is 3.27. The van der Waals surface area contributed by atoms with E-state index >= 15 is 0 Å². The molecule has 1 N–H and O–H groups in total. The fourth-order valence-corrected chi connectivity index (χ4v) is 2.20. The number of amides is 1. The van der Waals surface area contributed by atoms with Crippen LogP contribution >= 0.6 is 0 Å². The van der Waals surface area contributed by atoms with E-state index in [0.29, 0.717) is 31.4 Å². The molecule has 0 unspecified atom stereocenters. The van der Waals surface area contributed by atoms with E-state index in [1.165, 1.54) is 0 Å². The van der Waals surface area contributed by atoms with Crippen molar-refractivity contribution in [3.8, 4) is 6.07 Å². The fraction of sp³-hybridized carbons (Fsp3) is 0.500. The van der Waals surface area contributed by atoms with Crippen LogP contribution < -0.4 is 5.32 Å². The molecule has 1 aromatic heterocycles. The van der Waals surface area contributed by atoms with E-state index in [4.69, 9.17) is 10.00 Å². The first kappa shape index (κ1) is 14.1. The van der Waals surface area contributed by atoms with Gasteiger partial charge in [0, 0.05) is 19.1 Å². The van der Waals surface area contributed by atoms with Crippen molar-refractivity contribution >= 4 is 11.8 Å². The van der Waals surface area contributed by atoms with Crippen molar-refractivity contribution in [1.29, 1.82) is 5.26 Å². The number of pyridine rings is 1. The molecule has 2 heterocycles. The maximum atomic E-state index is 11.6. The van der Waals surface area contributed by atoms with E-state index < -0.39 is 0 Å². The van der Waals surface area contributed by atoms with Gasteiger partial charge >= 0.3 is 6.09 Å². The molecule has 0 atom stereocenters. The molecule has 0 saturated carbocycles. The molecule has 1 aliphatic rings. The van der Waals surface area contributed by atoms with E-state index in [0.717, 1.165) is 18.5 Å². The Hall–Kier alpha value is -2.29. The average molecular weight is 274 g/mol. The van der Waals surface area contributed by atoms with Crippen LogP contribution in [0.3, 0.4) is 0 Å². The van der Waals surface area contributed by atoms with Gasteiger partial charge in [-0.3, -0.25) is 0 Å². The van der Waals surface area contributed by atoms with E-state index in [-0.39, 0.29) is 6.09 Å². The van der Waals surface area contributed by atoms with Gasteiger partial charge in [0.05, 0.1) is 18.5 Å². The van der Waals surface area contributed by atoms with Crippen LogP contribution in [0, 0.1) is 11.3 Å². The fourth-order valence-electron chi connectivity index (χ4n) is 2.20. The first-order chi connectivity index (χ1) is 9.72. The first-order valence-corrected chi connectivity index (χ1v) is 6.77. The van der Waals surface area contributed by atoms with E-state index in [9.17, 15) is 4.79 Å². The molecule has 1 saturated heterocycles. The van der Waals surface area contributed by atoms with E-state index in [1.54, 1.807) is 17.2 Å². The lowest BCUT2D eigenvalue weighted by atomic mass is 10.1. The van der Waals surface area contributed by atoms with Gasteiger partial charge in [0.2, 0.25) is 0 Å². The Morgan fingerprint density at radius 2 is 2.30 bits per heavy atom. The Morgan fingerprint density at radius 1 is 1.55 bits per heavy atom. The average Bonchev–Trinajstić information content (AvgIpc) is 2.49. The van der Waals surface area contributed by atoms with Crippen LogP contribution in [0.4, 0.5) is 10.5 Å². The number of nitrogens with zero attached hydrogens (tertiary/aromatic N) is 3. The minimum Gasteiger partial charge on any atom is -0.450 e. The summed E-state index contributed by atoms with van der Waals surface area (Å²) in [4.78, 5) is 17.3. The molecule has 1 fully saturated rings. The van der Waals surface area contributed by atoms with Gasteiger partial charge in [-0.2, -0.15) is 5.26 Å². The number of rotatable bonds is 3. The van der Waals surface area contributed by atoms with Crippen molar-refractivity contribution in [3.05, 3.63) is 24.0 Å². The van der Waals surface area contributed by atoms with Gasteiger partial charge in [-0.05, 0) is 31.9 Å². The molecule has 2 rings (SSSR count). The molecule has 1 aliphatic heterocycles. The second-order valence-corrected chi connectivity index (χ2v) is 4.65. The summed E-state index contributed by atoms with van der Waals surface area (Å²) in [6.07, 6.45) is 3.18. The van der Waals surface area contributed by atoms with Gasteiger partial charge in [-0.1, -0.05) is 0 Å². The van der Waals surface area contributed by atoms with Crippen LogP contribution in [0.15, 0.2) is 18.3 Å². The van der Waals surface area contributed by atoms with Gasteiger partial charge in [0.25, 0.3) is 0 Å². The monoisotopic (exact) mass is 274 g/mol. The minimum absolute atomic E-state index is 0.231. The van der Waals surface area contributed by atoms with E-state index in [2.05, 4.69) is 10.3 Å². The minimum atomic E-state index is -0.231. The van der Waals surface area contributed by atoms with Gasteiger partial charge in [0.15, 0.2) is 0 Å². The zero-order chi connectivity index (χ0) is 14.4. The second kappa shape index (κ2) is 6.75. The molecular weight excluding hydrogens is 256 g/mol. The van der Waals surface area contributed by atoms with Gasteiger partial charge < -0.3 is 15.0 Å². The van der Waals surface area contributed by atoms with Crippen molar-refractivity contribution in [2.45, 2.75) is 25.8 Å². The highest BCUT2D eigenvalue weighted by atomic mass is 16.6. The summed E-state index contributed by atoms with van der Waals surface area (Å²) in [5, 5.41) is 12.1. The summed E-state index contributed by atoms with van der Waals surface area (Å²) in [5.74, 6) is 0. The second-order valence-electron chi connectivity index (χ2n) is 4.65. The highest BCUT2D eigenvalue weighted by Crippen LogP contribution is 2.16. The lowest BCUT2D eigenvalue weighted by Crippen LogP contribution is -2.42. The van der Waals surface area contributed by atoms with Gasteiger partial charge in [0.1, 0.15) is 11.8 Å². The van der Waals surface area contributed by atoms with Crippen LogP contribution in [-0.4, -0.2) is 41.7 Å². The Bertz CT molecular complexity index is 487. The Morgan fingerprint density at radius 3 is 2.85 bits per heavy atom. The van der Waals surface area contributed by atoms with Gasteiger partial charge in [-0.15, -0.1) is 0 Å². The number of nitrogens with one attached hydrogen (secondary N) is 1. The first-order valence-electron chi connectivity index (χ1n) is 6.77. The number of carbonyl (C=O) groups is 1. The van der Waals surface area contributed by atoms with Crippen LogP contribution in [-0.2, 0) is 4.74 Å². The van der Waals surface area contributed by atoms with E-state index in [1.807, 2.05) is 19.1 Å². The van der Waals surface area contributed by atoms with Crippen molar-refractivity contribution in [2.24, 2.45) is 0 Å². The number of anilines is 1. The topological polar surface area (TPSA) is 78.2 Å². The number of ether oxygens (including phenoxy) is 1. The molecule has 106 valence electrons. The molecule has 0 bridgehead atoms. The zero-order valence-electron chi connectivity index (χ0n) is 11.5. The third-order valence-electron chi connectivity index (χ3n) is 3.27. The maximum absolute atomic E-state index is 11.6. The Balaban J connectivity index is 1.82. The highest BCUT2D eigenvalue weighted by molar-refractivity contribution is 5.67. The summed E-state index contributed by atoms with van der Waals surface area (Å²) >= 11 is 0. The molecule has 0 radical (unpaired) electrons. The summed E-state index contributed by atoms with van der Waals surface area (Å²) in [7, 11) is 0. The predicted molar refractivity (Wildman–Crippen MR) is 74.2 cm³/mol. The van der Waals surface area contributed by atoms with Crippen molar-refractivity contribution in [3.63, 3.8) is 0 Å². The molecular formula is C14H18N4O2. The molecule has 20 heavy (non-hydrogen) atoms. The normalized spacial score (nSPS) is 15.5. The van der Waals surface area contributed by atoms with Crippen LogP contribution in [0.1, 0.15) is 25.5 Å².